The number of nitrogens with two attached hydrogens (primary N) is 1. The fraction of sp³-hybridized carbons (Fsp3) is 0.600. The van der Waals surface area contributed by atoms with E-state index in [1.54, 1.807) is 0 Å². The van der Waals surface area contributed by atoms with E-state index in [0.29, 0.717) is 0 Å². The fourth-order valence-electron chi connectivity index (χ4n) is 2.36. The Morgan fingerprint density at radius 3 is 2.24 bits per heavy atom. The molecule has 0 aromatic heterocycles. The molecule has 0 fully saturated rings. The number of ketones is 1. The molecule has 0 heterocycles. The summed E-state index contributed by atoms with van der Waals surface area (Å²) < 4.78 is 14.3. The smallest absolute Gasteiger partial charge is 0.328 e. The van der Waals surface area contributed by atoms with Crippen molar-refractivity contribution in [1.29, 1.82) is 0 Å². The maximum atomic E-state index is 12.6. The minimum Gasteiger partial charge on any atom is -0.469 e. The van der Waals surface area contributed by atoms with Gasteiger partial charge in [0.15, 0.2) is 0 Å². The Labute approximate surface area is 191 Å². The number of Topliss-reactive ketones (excluding diaryl/α,β-unsaturated/α-hetero) is 1. The van der Waals surface area contributed by atoms with Gasteiger partial charge in [0.2, 0.25) is 17.7 Å². The third kappa shape index (κ3) is 13.0. The number of esters is 2. The van der Waals surface area contributed by atoms with E-state index < -0.39 is 54.3 Å². The minimum atomic E-state index is -1.22. The number of ether oxygens (including phenoxy) is 3. The number of hydrogen-bond acceptors (Lipinski definition) is 10. The highest BCUT2D eigenvalue weighted by Gasteiger charge is 2.28. The Balaban J connectivity index is 4.98. The Hall–Kier alpha value is -3.32. The van der Waals surface area contributed by atoms with E-state index in [1.807, 2.05) is 0 Å². The average Bonchev–Trinajstić information content (AvgIpc) is 2.77. The van der Waals surface area contributed by atoms with Gasteiger partial charge >= 0.3 is 11.9 Å². The van der Waals surface area contributed by atoms with E-state index >= 15 is 0 Å². The number of carbonyl (C=O) groups excluding carboxylic acids is 6. The molecule has 0 aromatic carbocycles. The number of methoxy groups -OCH3 is 2. The van der Waals surface area contributed by atoms with Gasteiger partial charge in [-0.25, -0.2) is 4.79 Å². The summed E-state index contributed by atoms with van der Waals surface area (Å²) in [6.07, 6.45) is 0.996. The molecular weight excluding hydrogens is 440 g/mol. The molecular formula is C20H32N4O9. The highest BCUT2D eigenvalue weighted by atomic mass is 16.5. The first kappa shape index (κ1) is 29.7. The van der Waals surface area contributed by atoms with Crippen molar-refractivity contribution in [2.45, 2.75) is 44.3 Å². The van der Waals surface area contributed by atoms with Gasteiger partial charge in [0.25, 0.3) is 0 Å². The first-order valence-corrected chi connectivity index (χ1v) is 10.0. The molecule has 0 saturated carbocycles. The molecule has 33 heavy (non-hydrogen) atoms. The van der Waals surface area contributed by atoms with Crippen molar-refractivity contribution in [1.82, 2.24) is 16.0 Å². The summed E-state index contributed by atoms with van der Waals surface area (Å²) in [5, 5.41) is 7.02. The van der Waals surface area contributed by atoms with E-state index in [-0.39, 0.29) is 38.3 Å². The zero-order valence-corrected chi connectivity index (χ0v) is 19.0. The summed E-state index contributed by atoms with van der Waals surface area (Å²) in [5.41, 5.74) is 5.54. The number of carbonyl (C=O) groups is 6. The average molecular weight is 472 g/mol. The van der Waals surface area contributed by atoms with Crippen LogP contribution >= 0.6 is 0 Å². The predicted molar refractivity (Wildman–Crippen MR) is 114 cm³/mol. The van der Waals surface area contributed by atoms with E-state index in [2.05, 4.69) is 27.3 Å². The molecule has 0 aliphatic heterocycles. The molecule has 0 aliphatic carbocycles. The Morgan fingerprint density at radius 2 is 1.70 bits per heavy atom. The zero-order valence-electron chi connectivity index (χ0n) is 19.0. The van der Waals surface area contributed by atoms with Crippen LogP contribution in [-0.4, -0.2) is 87.5 Å². The summed E-state index contributed by atoms with van der Waals surface area (Å²) in [6, 6.07) is -3.56. The lowest BCUT2D eigenvalue weighted by Gasteiger charge is -2.22. The van der Waals surface area contributed by atoms with Gasteiger partial charge in [-0.05, 0) is 13.3 Å². The monoisotopic (exact) mass is 472 g/mol. The van der Waals surface area contributed by atoms with Gasteiger partial charge < -0.3 is 40.7 Å². The molecule has 3 unspecified atom stereocenters. The SMILES string of the molecule is C=CCOC(=O)C(CCC(C)=O)NC(=O)C(COC)NC(=O)CNC(=O)C(N)CC(=O)OC. The van der Waals surface area contributed by atoms with Crippen molar-refractivity contribution in [2.24, 2.45) is 5.73 Å². The third-order valence-corrected chi connectivity index (χ3v) is 4.09. The molecule has 5 N–H and O–H groups in total. The van der Waals surface area contributed by atoms with Crippen LogP contribution in [0, 0.1) is 0 Å². The van der Waals surface area contributed by atoms with Crippen LogP contribution in [0.15, 0.2) is 12.7 Å². The topological polar surface area (TPSA) is 192 Å². The summed E-state index contributed by atoms with van der Waals surface area (Å²) in [4.78, 5) is 71.3. The van der Waals surface area contributed by atoms with Gasteiger partial charge in [-0.2, -0.15) is 0 Å². The van der Waals surface area contributed by atoms with Crippen molar-refractivity contribution in [3.05, 3.63) is 12.7 Å². The van der Waals surface area contributed by atoms with Gasteiger partial charge in [-0.3, -0.25) is 19.2 Å². The van der Waals surface area contributed by atoms with Gasteiger partial charge in [-0.15, -0.1) is 0 Å². The highest BCUT2D eigenvalue weighted by Crippen LogP contribution is 2.03. The maximum Gasteiger partial charge on any atom is 0.328 e. The Kier molecular flexibility index (Phi) is 14.7. The van der Waals surface area contributed by atoms with E-state index in [4.69, 9.17) is 15.2 Å². The van der Waals surface area contributed by atoms with Crippen LogP contribution in [0.1, 0.15) is 26.2 Å². The van der Waals surface area contributed by atoms with Crippen molar-refractivity contribution in [3.8, 4) is 0 Å². The second-order valence-corrected chi connectivity index (χ2v) is 6.90. The van der Waals surface area contributed by atoms with E-state index in [0.717, 1.165) is 7.11 Å². The second kappa shape index (κ2) is 16.3. The molecule has 0 bridgehead atoms. The number of hydrogen-bond donors (Lipinski definition) is 4. The minimum absolute atomic E-state index is 0.00115. The summed E-state index contributed by atoms with van der Waals surface area (Å²) >= 11 is 0. The van der Waals surface area contributed by atoms with E-state index in [9.17, 15) is 28.8 Å². The number of amides is 3. The van der Waals surface area contributed by atoms with Gasteiger partial charge in [0.1, 0.15) is 24.5 Å². The third-order valence-electron chi connectivity index (χ3n) is 4.09. The normalized spacial score (nSPS) is 13.0. The van der Waals surface area contributed by atoms with Crippen molar-refractivity contribution in [3.63, 3.8) is 0 Å². The highest BCUT2D eigenvalue weighted by molar-refractivity contribution is 5.93. The zero-order chi connectivity index (χ0) is 25.4. The molecule has 0 spiro atoms. The van der Waals surface area contributed by atoms with Crippen LogP contribution in [0.4, 0.5) is 0 Å². The lowest BCUT2D eigenvalue weighted by Crippen LogP contribution is -2.55. The van der Waals surface area contributed by atoms with Crippen molar-refractivity contribution >= 4 is 35.4 Å². The molecule has 13 heteroatoms. The van der Waals surface area contributed by atoms with Crippen LogP contribution in [0.3, 0.4) is 0 Å². The molecule has 3 atom stereocenters. The van der Waals surface area contributed by atoms with Crippen molar-refractivity contribution < 1.29 is 43.0 Å². The number of rotatable bonds is 16. The van der Waals surface area contributed by atoms with Gasteiger partial charge in [0, 0.05) is 13.5 Å². The van der Waals surface area contributed by atoms with Crippen LogP contribution in [0.2, 0.25) is 0 Å². The van der Waals surface area contributed by atoms with E-state index in [1.165, 1.54) is 20.1 Å². The summed E-state index contributed by atoms with van der Waals surface area (Å²) in [5.74, 6) is -3.92. The van der Waals surface area contributed by atoms with Crippen LogP contribution in [-0.2, 0) is 43.0 Å². The van der Waals surface area contributed by atoms with Gasteiger partial charge in [0.05, 0.1) is 32.7 Å². The molecule has 0 rings (SSSR count). The first-order chi connectivity index (χ1) is 15.5. The fourth-order valence-corrected chi connectivity index (χ4v) is 2.36. The van der Waals surface area contributed by atoms with Crippen LogP contribution in [0.25, 0.3) is 0 Å². The Bertz CT molecular complexity index is 726. The summed E-state index contributed by atoms with van der Waals surface area (Å²) in [7, 11) is 2.44. The molecule has 3 amide bonds. The Morgan fingerprint density at radius 1 is 1.03 bits per heavy atom. The molecule has 186 valence electrons. The lowest BCUT2D eigenvalue weighted by atomic mass is 10.1. The summed E-state index contributed by atoms with van der Waals surface area (Å²) in [6.45, 7) is 3.91. The standard InChI is InChI=1S/C20H32N4O9/c1-5-8-33-20(30)14(7-6-12(2)25)24-19(29)15(11-31-3)23-16(26)10-22-18(28)13(21)9-17(27)32-4/h5,13-15H,1,6-11,21H2,2-4H3,(H,22,28)(H,23,26)(H,24,29). The first-order valence-electron chi connectivity index (χ1n) is 10.0. The van der Waals surface area contributed by atoms with Crippen LogP contribution < -0.4 is 21.7 Å². The van der Waals surface area contributed by atoms with Crippen LogP contribution in [0.5, 0.6) is 0 Å². The number of nitrogens with one attached hydrogen (secondary N) is 3. The molecule has 0 saturated heterocycles. The lowest BCUT2D eigenvalue weighted by molar-refractivity contribution is -0.147. The largest absolute Gasteiger partial charge is 0.469 e. The quantitative estimate of drug-likeness (QED) is 0.140. The molecule has 0 aromatic rings. The molecule has 0 radical (unpaired) electrons. The second-order valence-electron chi connectivity index (χ2n) is 6.90. The molecule has 0 aliphatic rings. The maximum absolute atomic E-state index is 12.6. The van der Waals surface area contributed by atoms with Crippen molar-refractivity contribution in [2.75, 3.05) is 34.0 Å². The predicted octanol–water partition coefficient (Wildman–Crippen LogP) is -2.29. The van der Waals surface area contributed by atoms with Gasteiger partial charge in [-0.1, -0.05) is 12.7 Å². The molecule has 13 nitrogen and oxygen atoms in total.